The third-order valence-corrected chi connectivity index (χ3v) is 4.29. The Morgan fingerprint density at radius 1 is 1.26 bits per heavy atom. The highest BCUT2D eigenvalue weighted by atomic mass is 35.5. The van der Waals surface area contributed by atoms with Crippen LogP contribution in [0, 0.1) is 0 Å². The summed E-state index contributed by atoms with van der Waals surface area (Å²) in [6, 6.07) is 6.35. The predicted octanol–water partition coefficient (Wildman–Crippen LogP) is 2.92. The van der Waals surface area contributed by atoms with Crippen molar-refractivity contribution in [3.05, 3.63) is 39.9 Å². The van der Waals surface area contributed by atoms with Crippen LogP contribution in [0.2, 0.25) is 10.0 Å². The van der Waals surface area contributed by atoms with Crippen LogP contribution in [-0.2, 0) is 4.79 Å². The Bertz CT molecular complexity index is 708. The number of benzene rings is 1. The normalized spacial score (nSPS) is 12.0. The molecule has 1 atom stereocenters. The highest BCUT2D eigenvalue weighted by Gasteiger charge is 2.14. The highest BCUT2D eigenvalue weighted by molar-refractivity contribution is 7.99. The van der Waals surface area contributed by atoms with Crippen molar-refractivity contribution in [1.29, 1.82) is 0 Å². The molecule has 9 heteroatoms. The molecule has 122 valence electrons. The number of nitrogens with two attached hydrogens (primary N) is 2. The Balaban J connectivity index is 1.93. The van der Waals surface area contributed by atoms with E-state index in [9.17, 15) is 4.79 Å². The number of rotatable bonds is 5. The Labute approximate surface area is 148 Å². The van der Waals surface area contributed by atoms with E-state index in [0.717, 1.165) is 17.3 Å². The molecule has 1 aromatic heterocycles. The molecule has 2 aromatic rings. The average molecular weight is 372 g/mol. The molecule has 0 fully saturated rings. The number of amides is 1. The Morgan fingerprint density at radius 2 is 1.91 bits per heavy atom. The highest BCUT2D eigenvalue weighted by Crippen LogP contribution is 2.26. The van der Waals surface area contributed by atoms with Gasteiger partial charge in [0.05, 0.1) is 11.8 Å². The van der Waals surface area contributed by atoms with Gasteiger partial charge in [0.25, 0.3) is 0 Å². The summed E-state index contributed by atoms with van der Waals surface area (Å²) < 4.78 is 0. The van der Waals surface area contributed by atoms with Gasteiger partial charge in [0, 0.05) is 16.1 Å². The number of carbonyl (C=O) groups excluding carboxylic acids is 1. The minimum absolute atomic E-state index is 0.137. The number of halogens is 2. The van der Waals surface area contributed by atoms with Crippen LogP contribution in [-0.4, -0.2) is 21.6 Å². The average Bonchev–Trinajstić information content (AvgIpc) is 2.44. The number of nitrogens with zero attached hydrogens (tertiary/aromatic N) is 2. The van der Waals surface area contributed by atoms with Crippen LogP contribution in [0.4, 0.5) is 11.6 Å². The van der Waals surface area contributed by atoms with E-state index in [0.29, 0.717) is 15.2 Å². The Kier molecular flexibility index (Phi) is 5.92. The molecule has 5 N–H and O–H groups in total. The SMILES string of the molecule is C[C@@H](NC(=O)CSc1nc(N)cc(N)n1)c1ccc(Cl)cc1Cl. The van der Waals surface area contributed by atoms with Crippen molar-refractivity contribution in [2.24, 2.45) is 0 Å². The van der Waals surface area contributed by atoms with Gasteiger partial charge in [0.2, 0.25) is 5.91 Å². The Morgan fingerprint density at radius 3 is 2.52 bits per heavy atom. The molecule has 0 bridgehead atoms. The summed E-state index contributed by atoms with van der Waals surface area (Å²) in [6.45, 7) is 1.84. The molecule has 0 aliphatic rings. The number of carbonyl (C=O) groups is 1. The molecule has 23 heavy (non-hydrogen) atoms. The number of aromatic nitrogens is 2. The van der Waals surface area contributed by atoms with E-state index >= 15 is 0 Å². The first kappa shape index (κ1) is 17.7. The number of anilines is 2. The molecule has 0 spiro atoms. The topological polar surface area (TPSA) is 107 Å². The quantitative estimate of drug-likeness (QED) is 0.550. The molecule has 1 aromatic carbocycles. The zero-order valence-electron chi connectivity index (χ0n) is 12.2. The smallest absolute Gasteiger partial charge is 0.230 e. The molecule has 0 radical (unpaired) electrons. The van der Waals surface area contributed by atoms with Crippen LogP contribution < -0.4 is 16.8 Å². The first-order valence-electron chi connectivity index (χ1n) is 6.62. The van der Waals surface area contributed by atoms with Gasteiger partial charge in [-0.05, 0) is 24.6 Å². The van der Waals surface area contributed by atoms with Gasteiger partial charge in [-0.25, -0.2) is 9.97 Å². The van der Waals surface area contributed by atoms with Gasteiger partial charge in [-0.3, -0.25) is 4.79 Å². The van der Waals surface area contributed by atoms with Gasteiger partial charge in [-0.2, -0.15) is 0 Å². The van der Waals surface area contributed by atoms with Crippen molar-refractivity contribution in [1.82, 2.24) is 15.3 Å². The molecule has 1 amide bonds. The van der Waals surface area contributed by atoms with Crippen LogP contribution >= 0.6 is 35.0 Å². The number of thioether (sulfide) groups is 1. The van der Waals surface area contributed by atoms with Crippen molar-refractivity contribution in [2.45, 2.75) is 18.1 Å². The summed E-state index contributed by atoms with van der Waals surface area (Å²) in [5.74, 6) is 0.486. The molecular formula is C14H15Cl2N5OS. The molecular weight excluding hydrogens is 357 g/mol. The van der Waals surface area contributed by atoms with Crippen molar-refractivity contribution < 1.29 is 4.79 Å². The second-order valence-electron chi connectivity index (χ2n) is 4.74. The van der Waals surface area contributed by atoms with Crippen LogP contribution in [0.5, 0.6) is 0 Å². The fourth-order valence-corrected chi connectivity index (χ4v) is 3.13. The lowest BCUT2D eigenvalue weighted by molar-refractivity contribution is -0.119. The summed E-state index contributed by atoms with van der Waals surface area (Å²) >= 11 is 13.1. The van der Waals surface area contributed by atoms with E-state index in [1.54, 1.807) is 18.2 Å². The summed E-state index contributed by atoms with van der Waals surface area (Å²) in [5.41, 5.74) is 12.0. The van der Waals surface area contributed by atoms with Crippen molar-refractivity contribution in [3.63, 3.8) is 0 Å². The monoisotopic (exact) mass is 371 g/mol. The predicted molar refractivity (Wildman–Crippen MR) is 94.6 cm³/mol. The molecule has 0 unspecified atom stereocenters. The maximum atomic E-state index is 12.0. The fraction of sp³-hybridized carbons (Fsp3) is 0.214. The number of hydrogen-bond acceptors (Lipinski definition) is 6. The molecule has 0 aliphatic carbocycles. The summed E-state index contributed by atoms with van der Waals surface area (Å²) in [6.07, 6.45) is 0. The minimum Gasteiger partial charge on any atom is -0.383 e. The molecule has 0 saturated carbocycles. The first-order valence-corrected chi connectivity index (χ1v) is 8.36. The van der Waals surface area contributed by atoms with Gasteiger partial charge in [0.15, 0.2) is 5.16 Å². The zero-order valence-corrected chi connectivity index (χ0v) is 14.5. The van der Waals surface area contributed by atoms with Crippen molar-refractivity contribution in [2.75, 3.05) is 17.2 Å². The summed E-state index contributed by atoms with van der Waals surface area (Å²) in [5, 5.41) is 4.26. The minimum atomic E-state index is -0.250. The number of hydrogen-bond donors (Lipinski definition) is 3. The first-order chi connectivity index (χ1) is 10.8. The van der Waals surface area contributed by atoms with E-state index in [1.165, 1.54) is 6.07 Å². The third-order valence-electron chi connectivity index (χ3n) is 2.88. The number of nitrogen functional groups attached to an aromatic ring is 2. The summed E-state index contributed by atoms with van der Waals surface area (Å²) in [4.78, 5) is 20.0. The largest absolute Gasteiger partial charge is 0.383 e. The van der Waals surface area contributed by atoms with Gasteiger partial charge in [0.1, 0.15) is 11.6 Å². The molecule has 2 rings (SSSR count). The molecule has 1 heterocycles. The van der Waals surface area contributed by atoms with E-state index in [4.69, 9.17) is 34.7 Å². The van der Waals surface area contributed by atoms with Crippen LogP contribution in [0.1, 0.15) is 18.5 Å². The molecule has 0 aliphatic heterocycles. The van der Waals surface area contributed by atoms with Crippen molar-refractivity contribution in [3.8, 4) is 0 Å². The van der Waals surface area contributed by atoms with E-state index in [1.807, 2.05) is 6.92 Å². The third kappa shape index (κ3) is 5.16. The second kappa shape index (κ2) is 7.72. The van der Waals surface area contributed by atoms with Crippen molar-refractivity contribution >= 4 is 52.5 Å². The maximum absolute atomic E-state index is 12.0. The summed E-state index contributed by atoms with van der Waals surface area (Å²) in [7, 11) is 0. The van der Waals surface area contributed by atoms with Crippen LogP contribution in [0.15, 0.2) is 29.4 Å². The molecule has 6 nitrogen and oxygen atoms in total. The zero-order chi connectivity index (χ0) is 17.0. The van der Waals surface area contributed by atoms with Gasteiger partial charge in [-0.1, -0.05) is 41.0 Å². The van der Waals surface area contributed by atoms with E-state index in [-0.39, 0.29) is 29.3 Å². The lowest BCUT2D eigenvalue weighted by Gasteiger charge is -2.15. The number of nitrogens with one attached hydrogen (secondary N) is 1. The standard InChI is InChI=1S/C14H15Cl2N5OS/c1-7(9-3-2-8(15)4-10(9)16)19-13(22)6-23-14-20-11(17)5-12(18)21-14/h2-5,7H,6H2,1H3,(H,19,22)(H4,17,18,20,21)/t7-/m1/s1. The van der Waals surface area contributed by atoms with Crippen LogP contribution in [0.25, 0.3) is 0 Å². The lowest BCUT2D eigenvalue weighted by atomic mass is 10.1. The second-order valence-corrected chi connectivity index (χ2v) is 6.53. The Hall–Kier alpha value is -1.70. The van der Waals surface area contributed by atoms with Gasteiger partial charge < -0.3 is 16.8 Å². The maximum Gasteiger partial charge on any atom is 0.230 e. The van der Waals surface area contributed by atoms with Gasteiger partial charge in [-0.15, -0.1) is 0 Å². The van der Waals surface area contributed by atoms with E-state index in [2.05, 4.69) is 15.3 Å². The van der Waals surface area contributed by atoms with Crippen LogP contribution in [0.3, 0.4) is 0 Å². The lowest BCUT2D eigenvalue weighted by Crippen LogP contribution is -2.28. The molecule has 0 saturated heterocycles. The fourth-order valence-electron chi connectivity index (χ4n) is 1.87. The van der Waals surface area contributed by atoms with Gasteiger partial charge >= 0.3 is 0 Å². The van der Waals surface area contributed by atoms with E-state index < -0.39 is 0 Å².